The maximum Gasteiger partial charge on any atom is 0.264 e. The van der Waals surface area contributed by atoms with E-state index in [0.29, 0.717) is 23.7 Å². The number of benzene rings is 1. The lowest BCUT2D eigenvalue weighted by Crippen LogP contribution is -2.29. The summed E-state index contributed by atoms with van der Waals surface area (Å²) >= 11 is 0. The average molecular weight is 337 g/mol. The molecule has 2 aromatic rings. The summed E-state index contributed by atoms with van der Waals surface area (Å²) in [6, 6.07) is 6.30. The van der Waals surface area contributed by atoms with Gasteiger partial charge in [0, 0.05) is 17.5 Å². The van der Waals surface area contributed by atoms with Crippen molar-refractivity contribution in [3.8, 4) is 11.4 Å². The number of nitrogens with zero attached hydrogens (tertiary/aromatic N) is 2. The van der Waals surface area contributed by atoms with Crippen molar-refractivity contribution in [2.24, 2.45) is 5.41 Å². The summed E-state index contributed by atoms with van der Waals surface area (Å²) in [5.74, 6) is 0.298. The largest absolute Gasteiger partial charge is 0.339 e. The molecule has 0 unspecified atom stereocenters. The molecule has 2 rings (SSSR count). The topological polar surface area (TPSA) is 102 Å². The molecule has 124 valence electrons. The molecule has 1 aromatic heterocycles. The van der Waals surface area contributed by atoms with Crippen molar-refractivity contribution in [1.29, 1.82) is 0 Å². The van der Waals surface area contributed by atoms with E-state index in [0.717, 1.165) is 6.26 Å². The van der Waals surface area contributed by atoms with Crippen molar-refractivity contribution in [2.75, 3.05) is 6.26 Å². The Labute approximate surface area is 135 Å². The molecule has 23 heavy (non-hydrogen) atoms. The molecule has 7 nitrogen and oxygen atoms in total. The van der Waals surface area contributed by atoms with Crippen LogP contribution in [0.5, 0.6) is 0 Å². The summed E-state index contributed by atoms with van der Waals surface area (Å²) in [6.07, 6.45) is 1.59. The molecule has 0 fully saturated rings. The second-order valence-electron chi connectivity index (χ2n) is 6.53. The van der Waals surface area contributed by atoms with E-state index >= 15 is 0 Å². The number of nitrogens with one attached hydrogen (secondary N) is 1. The Balaban J connectivity index is 2.15. The Bertz CT molecular complexity index is 802. The van der Waals surface area contributed by atoms with Crippen LogP contribution in [0, 0.1) is 5.41 Å². The van der Waals surface area contributed by atoms with Crippen molar-refractivity contribution >= 4 is 15.9 Å². The highest BCUT2D eigenvalue weighted by Crippen LogP contribution is 2.22. The number of rotatable bonds is 4. The summed E-state index contributed by atoms with van der Waals surface area (Å²) in [7, 11) is -3.59. The van der Waals surface area contributed by atoms with Crippen molar-refractivity contribution in [1.82, 2.24) is 14.9 Å². The van der Waals surface area contributed by atoms with E-state index in [1.807, 2.05) is 4.72 Å². The summed E-state index contributed by atoms with van der Waals surface area (Å²) < 4.78 is 29.2. The summed E-state index contributed by atoms with van der Waals surface area (Å²) in [4.78, 5) is 16.1. The Morgan fingerprint density at radius 1 is 1.22 bits per heavy atom. The van der Waals surface area contributed by atoms with Gasteiger partial charge in [0.15, 0.2) is 0 Å². The van der Waals surface area contributed by atoms with E-state index < -0.39 is 15.9 Å². The van der Waals surface area contributed by atoms with Gasteiger partial charge in [0.2, 0.25) is 21.7 Å². The summed E-state index contributed by atoms with van der Waals surface area (Å²) in [6.45, 7) is 6.23. The molecule has 0 aliphatic rings. The molecular formula is C15H19N3O4S. The first-order chi connectivity index (χ1) is 10.5. The van der Waals surface area contributed by atoms with Crippen molar-refractivity contribution in [2.45, 2.75) is 27.2 Å². The number of sulfonamides is 1. The SMILES string of the molecule is CC(C)(C)Cc1nc(-c2ccc(C(=O)NS(C)(=O)=O)cc2)no1. The van der Waals surface area contributed by atoms with Gasteiger partial charge in [-0.1, -0.05) is 38.1 Å². The quantitative estimate of drug-likeness (QED) is 0.915. The number of hydrogen-bond acceptors (Lipinski definition) is 6. The van der Waals surface area contributed by atoms with Gasteiger partial charge in [-0.05, 0) is 17.5 Å². The predicted molar refractivity (Wildman–Crippen MR) is 85.2 cm³/mol. The van der Waals surface area contributed by atoms with Gasteiger partial charge in [-0.3, -0.25) is 4.79 Å². The van der Waals surface area contributed by atoms with Crippen LogP contribution in [0.25, 0.3) is 11.4 Å². The zero-order valence-electron chi connectivity index (χ0n) is 13.5. The number of carbonyl (C=O) groups excluding carboxylic acids is 1. The van der Waals surface area contributed by atoms with Gasteiger partial charge in [0.05, 0.1) is 6.26 Å². The molecule has 0 aliphatic carbocycles. The first-order valence-corrected chi connectivity index (χ1v) is 8.88. The lowest BCUT2D eigenvalue weighted by Gasteiger charge is -2.13. The summed E-state index contributed by atoms with van der Waals surface area (Å²) in [5.41, 5.74) is 0.958. The average Bonchev–Trinajstić information content (AvgIpc) is 2.83. The number of hydrogen-bond donors (Lipinski definition) is 1. The van der Waals surface area contributed by atoms with E-state index in [4.69, 9.17) is 4.52 Å². The van der Waals surface area contributed by atoms with Gasteiger partial charge in [-0.15, -0.1) is 0 Å². The number of aromatic nitrogens is 2. The molecule has 0 saturated heterocycles. The van der Waals surface area contributed by atoms with Crippen LogP contribution < -0.4 is 4.72 Å². The molecular weight excluding hydrogens is 318 g/mol. The maximum absolute atomic E-state index is 11.7. The lowest BCUT2D eigenvalue weighted by atomic mass is 9.92. The standard InChI is InChI=1S/C15H19N3O4S/c1-15(2,3)9-12-16-13(17-22-12)10-5-7-11(8-6-10)14(19)18-23(4,20)21/h5-8H,9H2,1-4H3,(H,18,19). The third-order valence-electron chi connectivity index (χ3n) is 2.83. The predicted octanol–water partition coefficient (Wildman–Crippen LogP) is 2.01. The fourth-order valence-electron chi connectivity index (χ4n) is 1.90. The number of carbonyl (C=O) groups is 1. The molecule has 1 heterocycles. The highest BCUT2D eigenvalue weighted by atomic mass is 32.2. The molecule has 0 radical (unpaired) electrons. The molecule has 1 N–H and O–H groups in total. The van der Waals surface area contributed by atoms with Gasteiger partial charge in [0.1, 0.15) is 0 Å². The Kier molecular flexibility index (Phi) is 4.56. The highest BCUT2D eigenvalue weighted by molar-refractivity contribution is 7.89. The minimum Gasteiger partial charge on any atom is -0.339 e. The second kappa shape index (κ2) is 6.11. The molecule has 1 amide bonds. The smallest absolute Gasteiger partial charge is 0.264 e. The monoisotopic (exact) mass is 337 g/mol. The number of amides is 1. The fraction of sp³-hybridized carbons (Fsp3) is 0.400. The fourth-order valence-corrected chi connectivity index (χ4v) is 2.35. The molecule has 0 atom stereocenters. The van der Waals surface area contributed by atoms with Crippen LogP contribution in [-0.2, 0) is 16.4 Å². The van der Waals surface area contributed by atoms with Gasteiger partial charge >= 0.3 is 0 Å². The Morgan fingerprint density at radius 2 is 1.83 bits per heavy atom. The second-order valence-corrected chi connectivity index (χ2v) is 8.28. The van der Waals surface area contributed by atoms with Crippen LogP contribution in [0.2, 0.25) is 0 Å². The molecule has 0 bridgehead atoms. The molecule has 8 heteroatoms. The van der Waals surface area contributed by atoms with Crippen molar-refractivity contribution < 1.29 is 17.7 Å². The first-order valence-electron chi connectivity index (χ1n) is 6.99. The lowest BCUT2D eigenvalue weighted by molar-refractivity contribution is 0.0981. The minimum absolute atomic E-state index is 0.0391. The Hall–Kier alpha value is -2.22. The van der Waals surface area contributed by atoms with Gasteiger partial charge in [-0.25, -0.2) is 13.1 Å². The third-order valence-corrected chi connectivity index (χ3v) is 3.39. The van der Waals surface area contributed by atoms with Gasteiger partial charge in [-0.2, -0.15) is 4.98 Å². The first kappa shape index (κ1) is 17.1. The zero-order valence-corrected chi connectivity index (χ0v) is 14.3. The van der Waals surface area contributed by atoms with Crippen LogP contribution in [0.15, 0.2) is 28.8 Å². The van der Waals surface area contributed by atoms with Gasteiger partial charge < -0.3 is 4.52 Å². The van der Waals surface area contributed by atoms with Crippen LogP contribution in [-0.4, -0.2) is 30.7 Å². The van der Waals surface area contributed by atoms with Crippen LogP contribution in [0.3, 0.4) is 0 Å². The third kappa shape index (κ3) is 5.17. The highest BCUT2D eigenvalue weighted by Gasteiger charge is 2.17. The van der Waals surface area contributed by atoms with E-state index in [-0.39, 0.29) is 11.0 Å². The normalized spacial score (nSPS) is 12.2. The van der Waals surface area contributed by atoms with E-state index in [2.05, 4.69) is 30.9 Å². The molecule has 0 spiro atoms. The molecule has 0 aliphatic heterocycles. The maximum atomic E-state index is 11.7. The zero-order chi connectivity index (χ0) is 17.3. The molecule has 1 aromatic carbocycles. The van der Waals surface area contributed by atoms with E-state index in [1.54, 1.807) is 12.1 Å². The van der Waals surface area contributed by atoms with Crippen molar-refractivity contribution in [3.05, 3.63) is 35.7 Å². The molecule has 0 saturated carbocycles. The Morgan fingerprint density at radius 3 is 2.35 bits per heavy atom. The van der Waals surface area contributed by atoms with Gasteiger partial charge in [0.25, 0.3) is 5.91 Å². The van der Waals surface area contributed by atoms with Crippen LogP contribution >= 0.6 is 0 Å². The minimum atomic E-state index is -3.59. The van der Waals surface area contributed by atoms with Crippen LogP contribution in [0.4, 0.5) is 0 Å². The van der Waals surface area contributed by atoms with Crippen molar-refractivity contribution in [3.63, 3.8) is 0 Å². The van der Waals surface area contributed by atoms with E-state index in [9.17, 15) is 13.2 Å². The van der Waals surface area contributed by atoms with E-state index in [1.165, 1.54) is 12.1 Å². The summed E-state index contributed by atoms with van der Waals surface area (Å²) in [5, 5.41) is 3.92. The van der Waals surface area contributed by atoms with Crippen LogP contribution in [0.1, 0.15) is 37.0 Å².